The van der Waals surface area contributed by atoms with Gasteiger partial charge in [0.1, 0.15) is 5.78 Å². The molecule has 0 aromatic rings. The van der Waals surface area contributed by atoms with Crippen LogP contribution in [0, 0.1) is 5.92 Å². The van der Waals surface area contributed by atoms with Gasteiger partial charge in [0.05, 0.1) is 6.54 Å². The largest absolute Gasteiger partial charge is 0.304 e. The van der Waals surface area contributed by atoms with E-state index in [4.69, 9.17) is 0 Å². The highest BCUT2D eigenvalue weighted by Crippen LogP contribution is 2.25. The van der Waals surface area contributed by atoms with E-state index in [1.165, 1.54) is 19.3 Å². The van der Waals surface area contributed by atoms with Gasteiger partial charge in [-0.15, -0.1) is 0 Å². The SMILES string of the molecule is CC1CN(C)CCN1CC(=O)C1CCCCC1. The van der Waals surface area contributed by atoms with Crippen molar-refractivity contribution in [2.24, 2.45) is 5.92 Å². The van der Waals surface area contributed by atoms with Gasteiger partial charge in [0.2, 0.25) is 0 Å². The van der Waals surface area contributed by atoms with Crippen LogP contribution in [0.2, 0.25) is 0 Å². The minimum atomic E-state index is 0.371. The van der Waals surface area contributed by atoms with E-state index in [1.807, 2.05) is 0 Å². The Kier molecular flexibility index (Phi) is 4.57. The second kappa shape index (κ2) is 5.96. The molecule has 0 N–H and O–H groups in total. The second-order valence-electron chi connectivity index (χ2n) is 5.88. The number of rotatable bonds is 3. The van der Waals surface area contributed by atoms with Crippen molar-refractivity contribution >= 4 is 5.78 Å². The zero-order valence-corrected chi connectivity index (χ0v) is 11.3. The van der Waals surface area contributed by atoms with Gasteiger partial charge < -0.3 is 4.90 Å². The Labute approximate surface area is 105 Å². The van der Waals surface area contributed by atoms with Gasteiger partial charge >= 0.3 is 0 Å². The monoisotopic (exact) mass is 238 g/mol. The van der Waals surface area contributed by atoms with Crippen molar-refractivity contribution in [1.82, 2.24) is 9.80 Å². The van der Waals surface area contributed by atoms with Gasteiger partial charge in [-0.1, -0.05) is 19.3 Å². The number of ketones is 1. The van der Waals surface area contributed by atoms with E-state index in [-0.39, 0.29) is 0 Å². The van der Waals surface area contributed by atoms with E-state index in [0.717, 1.165) is 32.5 Å². The first-order valence-electron chi connectivity index (χ1n) is 7.12. The number of carbonyl (C=O) groups is 1. The molecule has 2 rings (SSSR count). The number of nitrogens with zero attached hydrogens (tertiary/aromatic N) is 2. The minimum absolute atomic E-state index is 0.371. The first-order valence-corrected chi connectivity index (χ1v) is 7.12. The maximum Gasteiger partial charge on any atom is 0.149 e. The van der Waals surface area contributed by atoms with Crippen molar-refractivity contribution in [3.05, 3.63) is 0 Å². The smallest absolute Gasteiger partial charge is 0.149 e. The van der Waals surface area contributed by atoms with E-state index in [9.17, 15) is 4.79 Å². The lowest BCUT2D eigenvalue weighted by atomic mass is 9.86. The molecule has 17 heavy (non-hydrogen) atoms. The summed E-state index contributed by atoms with van der Waals surface area (Å²) in [6.07, 6.45) is 6.13. The lowest BCUT2D eigenvalue weighted by Gasteiger charge is -2.38. The molecular weight excluding hydrogens is 212 g/mol. The zero-order chi connectivity index (χ0) is 12.3. The van der Waals surface area contributed by atoms with Crippen molar-refractivity contribution in [3.8, 4) is 0 Å². The standard InChI is InChI=1S/C14H26N2O/c1-12-10-15(2)8-9-16(12)11-14(17)13-6-4-3-5-7-13/h12-13H,3-11H2,1-2H3. The minimum Gasteiger partial charge on any atom is -0.304 e. The quantitative estimate of drug-likeness (QED) is 0.748. The van der Waals surface area contributed by atoms with Crippen LogP contribution in [0.25, 0.3) is 0 Å². The van der Waals surface area contributed by atoms with Crippen LogP contribution in [0.4, 0.5) is 0 Å². The van der Waals surface area contributed by atoms with Crippen LogP contribution in [0.3, 0.4) is 0 Å². The Balaban J connectivity index is 1.81. The third kappa shape index (κ3) is 3.52. The van der Waals surface area contributed by atoms with Gasteiger partial charge in [-0.05, 0) is 26.8 Å². The molecule has 0 spiro atoms. The molecule has 0 aromatic heterocycles. The molecule has 1 aliphatic carbocycles. The van der Waals surface area contributed by atoms with Crippen LogP contribution in [0.1, 0.15) is 39.0 Å². The Morgan fingerprint density at radius 3 is 2.53 bits per heavy atom. The van der Waals surface area contributed by atoms with E-state index < -0.39 is 0 Å². The summed E-state index contributed by atoms with van der Waals surface area (Å²) in [6, 6.07) is 0.529. The highest BCUT2D eigenvalue weighted by atomic mass is 16.1. The van der Waals surface area contributed by atoms with Crippen molar-refractivity contribution in [2.45, 2.75) is 45.1 Å². The molecule has 1 heterocycles. The molecule has 0 radical (unpaired) electrons. The third-order valence-corrected chi connectivity index (χ3v) is 4.39. The van der Waals surface area contributed by atoms with E-state index in [2.05, 4.69) is 23.8 Å². The third-order valence-electron chi connectivity index (χ3n) is 4.39. The fourth-order valence-electron chi connectivity index (χ4n) is 3.17. The normalized spacial score (nSPS) is 29.4. The molecule has 1 saturated heterocycles. The van der Waals surface area contributed by atoms with Gasteiger partial charge in [-0.2, -0.15) is 0 Å². The number of likely N-dealkylation sites (N-methyl/N-ethyl adjacent to an activating group) is 1. The molecule has 1 unspecified atom stereocenters. The van der Waals surface area contributed by atoms with Crippen LogP contribution in [-0.2, 0) is 4.79 Å². The van der Waals surface area contributed by atoms with Crippen LogP contribution in [-0.4, -0.2) is 54.9 Å². The summed E-state index contributed by atoms with van der Waals surface area (Å²) in [5.74, 6) is 0.872. The van der Waals surface area contributed by atoms with Gasteiger partial charge in [0, 0.05) is 31.6 Å². The van der Waals surface area contributed by atoms with Crippen molar-refractivity contribution in [1.29, 1.82) is 0 Å². The zero-order valence-electron chi connectivity index (χ0n) is 11.3. The van der Waals surface area contributed by atoms with E-state index in [1.54, 1.807) is 0 Å². The van der Waals surface area contributed by atoms with E-state index in [0.29, 0.717) is 24.3 Å². The van der Waals surface area contributed by atoms with Crippen molar-refractivity contribution in [2.75, 3.05) is 33.2 Å². The number of hydrogen-bond acceptors (Lipinski definition) is 3. The molecular formula is C14H26N2O. The van der Waals surface area contributed by atoms with Crippen LogP contribution in [0.15, 0.2) is 0 Å². The molecule has 1 atom stereocenters. The van der Waals surface area contributed by atoms with Crippen molar-refractivity contribution < 1.29 is 4.79 Å². The maximum absolute atomic E-state index is 12.2. The average Bonchev–Trinajstić information content (AvgIpc) is 2.34. The molecule has 3 nitrogen and oxygen atoms in total. The number of piperazine rings is 1. The van der Waals surface area contributed by atoms with Crippen LogP contribution >= 0.6 is 0 Å². The highest BCUT2D eigenvalue weighted by molar-refractivity contribution is 5.83. The van der Waals surface area contributed by atoms with Gasteiger partial charge in [0.25, 0.3) is 0 Å². The lowest BCUT2D eigenvalue weighted by Crippen LogP contribution is -2.52. The van der Waals surface area contributed by atoms with Crippen LogP contribution in [0.5, 0.6) is 0 Å². The predicted octanol–water partition coefficient (Wildman–Crippen LogP) is 1.77. The molecule has 3 heteroatoms. The molecule has 0 aromatic carbocycles. The van der Waals surface area contributed by atoms with Crippen molar-refractivity contribution in [3.63, 3.8) is 0 Å². The molecule has 0 amide bonds. The maximum atomic E-state index is 12.2. The molecule has 1 aliphatic heterocycles. The number of carbonyl (C=O) groups excluding carboxylic acids is 1. The molecule has 1 saturated carbocycles. The molecule has 2 fully saturated rings. The molecule has 0 bridgehead atoms. The highest BCUT2D eigenvalue weighted by Gasteiger charge is 2.27. The first kappa shape index (κ1) is 13.0. The van der Waals surface area contributed by atoms with Gasteiger partial charge in [-0.3, -0.25) is 9.69 Å². The Morgan fingerprint density at radius 1 is 1.18 bits per heavy atom. The topological polar surface area (TPSA) is 23.6 Å². The molecule has 98 valence electrons. The summed E-state index contributed by atoms with van der Waals surface area (Å²) >= 11 is 0. The Bertz CT molecular complexity index is 261. The van der Waals surface area contributed by atoms with Gasteiger partial charge in [0.15, 0.2) is 0 Å². The summed E-state index contributed by atoms with van der Waals surface area (Å²) in [5.41, 5.74) is 0. The predicted molar refractivity (Wildman–Crippen MR) is 70.1 cm³/mol. The summed E-state index contributed by atoms with van der Waals surface area (Å²) < 4.78 is 0. The fourth-order valence-corrected chi connectivity index (χ4v) is 3.17. The summed E-state index contributed by atoms with van der Waals surface area (Å²) in [7, 11) is 2.16. The summed E-state index contributed by atoms with van der Waals surface area (Å²) in [5, 5.41) is 0. The number of Topliss-reactive ketones (excluding diaryl/α,β-unsaturated/α-hetero) is 1. The van der Waals surface area contributed by atoms with E-state index >= 15 is 0 Å². The summed E-state index contributed by atoms with van der Waals surface area (Å²) in [6.45, 7) is 6.18. The average molecular weight is 238 g/mol. The lowest BCUT2D eigenvalue weighted by molar-refractivity contribution is -0.126. The Hall–Kier alpha value is -0.410. The second-order valence-corrected chi connectivity index (χ2v) is 5.88. The first-order chi connectivity index (χ1) is 8.16. The van der Waals surface area contributed by atoms with Gasteiger partial charge in [-0.25, -0.2) is 0 Å². The number of hydrogen-bond donors (Lipinski definition) is 0. The fraction of sp³-hybridized carbons (Fsp3) is 0.929. The Morgan fingerprint density at radius 2 is 1.88 bits per heavy atom. The summed E-state index contributed by atoms with van der Waals surface area (Å²) in [4.78, 5) is 17.0. The molecule has 2 aliphatic rings. The van der Waals surface area contributed by atoms with Crippen LogP contribution < -0.4 is 0 Å².